The van der Waals surface area contributed by atoms with E-state index in [1.807, 2.05) is 0 Å². The SMILES string of the molecule is Cc1ncoc1C(=O)N1CC(C)(O)C1. The molecule has 2 heterocycles. The van der Waals surface area contributed by atoms with Gasteiger partial charge in [-0.15, -0.1) is 0 Å². The van der Waals surface area contributed by atoms with Gasteiger partial charge in [0, 0.05) is 0 Å². The number of carbonyl (C=O) groups is 1. The number of hydrogen-bond donors (Lipinski definition) is 1. The molecule has 0 aromatic carbocycles. The molecule has 5 heteroatoms. The predicted molar refractivity (Wildman–Crippen MR) is 47.8 cm³/mol. The third-order valence-corrected chi connectivity index (χ3v) is 2.29. The number of hydrogen-bond acceptors (Lipinski definition) is 4. The van der Waals surface area contributed by atoms with Crippen molar-refractivity contribution in [2.24, 2.45) is 0 Å². The van der Waals surface area contributed by atoms with Crippen LogP contribution in [-0.2, 0) is 0 Å². The second-order valence-corrected chi connectivity index (χ2v) is 3.93. The maximum Gasteiger partial charge on any atom is 0.291 e. The Hall–Kier alpha value is -1.36. The Kier molecular flexibility index (Phi) is 1.85. The number of rotatable bonds is 1. The van der Waals surface area contributed by atoms with Gasteiger partial charge in [-0.3, -0.25) is 4.79 Å². The molecular formula is C9H12N2O3. The zero-order valence-corrected chi connectivity index (χ0v) is 8.15. The zero-order valence-electron chi connectivity index (χ0n) is 8.15. The molecule has 1 N–H and O–H groups in total. The van der Waals surface area contributed by atoms with Gasteiger partial charge in [-0.1, -0.05) is 0 Å². The molecule has 1 fully saturated rings. The first-order valence-electron chi connectivity index (χ1n) is 4.41. The average Bonchev–Trinajstić information content (AvgIpc) is 2.45. The molecule has 1 aliphatic rings. The number of nitrogens with zero attached hydrogens (tertiary/aromatic N) is 2. The lowest BCUT2D eigenvalue weighted by atomic mass is 9.96. The molecule has 1 amide bonds. The normalized spacial score (nSPS) is 19.2. The van der Waals surface area contributed by atoms with E-state index in [0.29, 0.717) is 18.8 Å². The van der Waals surface area contributed by atoms with Crippen molar-refractivity contribution in [3.8, 4) is 0 Å². The summed E-state index contributed by atoms with van der Waals surface area (Å²) < 4.78 is 4.97. The van der Waals surface area contributed by atoms with E-state index in [-0.39, 0.29) is 11.7 Å². The molecule has 1 aromatic rings. The van der Waals surface area contributed by atoms with Gasteiger partial charge in [0.05, 0.1) is 24.4 Å². The highest BCUT2D eigenvalue weighted by Crippen LogP contribution is 2.22. The fraction of sp³-hybridized carbons (Fsp3) is 0.556. The van der Waals surface area contributed by atoms with Crippen molar-refractivity contribution in [3.63, 3.8) is 0 Å². The first-order valence-corrected chi connectivity index (χ1v) is 4.41. The molecule has 0 aliphatic carbocycles. The van der Waals surface area contributed by atoms with E-state index >= 15 is 0 Å². The highest BCUT2D eigenvalue weighted by molar-refractivity contribution is 5.93. The Morgan fingerprint density at radius 2 is 2.36 bits per heavy atom. The third kappa shape index (κ3) is 1.39. The molecule has 0 spiro atoms. The number of aliphatic hydroxyl groups is 1. The lowest BCUT2D eigenvalue weighted by molar-refractivity contribution is -0.0678. The van der Waals surface area contributed by atoms with Crippen LogP contribution in [0.1, 0.15) is 23.2 Å². The molecule has 1 aromatic heterocycles. The van der Waals surface area contributed by atoms with Crippen LogP contribution >= 0.6 is 0 Å². The quantitative estimate of drug-likeness (QED) is 0.696. The third-order valence-electron chi connectivity index (χ3n) is 2.29. The number of β-amino-alcohol motifs (C(OH)–C–C–N with tert-alkyl or cyclic N) is 1. The predicted octanol–water partition coefficient (Wildman–Crippen LogP) is 0.190. The Bertz CT molecular complexity index is 362. The first kappa shape index (κ1) is 9.21. The molecule has 0 saturated carbocycles. The Morgan fingerprint density at radius 1 is 1.71 bits per heavy atom. The van der Waals surface area contributed by atoms with E-state index < -0.39 is 5.60 Å². The van der Waals surface area contributed by atoms with E-state index in [9.17, 15) is 9.90 Å². The van der Waals surface area contributed by atoms with Gasteiger partial charge in [-0.25, -0.2) is 4.98 Å². The van der Waals surface area contributed by atoms with Crippen molar-refractivity contribution < 1.29 is 14.3 Å². The number of carbonyl (C=O) groups excluding carboxylic acids is 1. The second-order valence-electron chi connectivity index (χ2n) is 3.93. The van der Waals surface area contributed by atoms with Gasteiger partial charge < -0.3 is 14.4 Å². The van der Waals surface area contributed by atoms with Crippen LogP contribution in [0.25, 0.3) is 0 Å². The molecule has 0 unspecified atom stereocenters. The maximum absolute atomic E-state index is 11.7. The molecule has 76 valence electrons. The fourth-order valence-electron chi connectivity index (χ4n) is 1.57. The van der Waals surface area contributed by atoms with Gasteiger partial charge in [0.15, 0.2) is 6.39 Å². The summed E-state index contributed by atoms with van der Waals surface area (Å²) in [6.07, 6.45) is 1.25. The smallest absolute Gasteiger partial charge is 0.291 e. The number of amides is 1. The van der Waals surface area contributed by atoms with E-state index in [4.69, 9.17) is 4.42 Å². The first-order chi connectivity index (χ1) is 6.49. The highest BCUT2D eigenvalue weighted by Gasteiger charge is 2.40. The lowest BCUT2D eigenvalue weighted by Crippen LogP contribution is -2.61. The van der Waals surface area contributed by atoms with E-state index in [1.54, 1.807) is 13.8 Å². The summed E-state index contributed by atoms with van der Waals surface area (Å²) in [4.78, 5) is 17.1. The van der Waals surface area contributed by atoms with Crippen molar-refractivity contribution in [1.82, 2.24) is 9.88 Å². The van der Waals surface area contributed by atoms with Crippen LogP contribution < -0.4 is 0 Å². The summed E-state index contributed by atoms with van der Waals surface area (Å²) in [5.74, 6) is 0.0621. The molecule has 1 saturated heterocycles. The van der Waals surface area contributed by atoms with Crippen molar-refractivity contribution in [3.05, 3.63) is 17.8 Å². The molecule has 0 radical (unpaired) electrons. The van der Waals surface area contributed by atoms with Crippen LogP contribution in [0, 0.1) is 6.92 Å². The van der Waals surface area contributed by atoms with Crippen molar-refractivity contribution in [2.45, 2.75) is 19.4 Å². The molecule has 2 rings (SSSR count). The summed E-state index contributed by atoms with van der Waals surface area (Å²) in [6.45, 7) is 4.12. The number of oxazole rings is 1. The van der Waals surface area contributed by atoms with Gasteiger partial charge in [-0.05, 0) is 13.8 Å². The maximum atomic E-state index is 11.7. The summed E-state index contributed by atoms with van der Waals surface area (Å²) >= 11 is 0. The minimum absolute atomic E-state index is 0.202. The van der Waals surface area contributed by atoms with Gasteiger partial charge in [-0.2, -0.15) is 0 Å². The van der Waals surface area contributed by atoms with Gasteiger partial charge in [0.1, 0.15) is 0 Å². The topological polar surface area (TPSA) is 66.6 Å². The highest BCUT2D eigenvalue weighted by atomic mass is 16.4. The number of aromatic nitrogens is 1. The van der Waals surface area contributed by atoms with Crippen LogP contribution in [0.3, 0.4) is 0 Å². The average molecular weight is 196 g/mol. The second kappa shape index (κ2) is 2.81. The summed E-state index contributed by atoms with van der Waals surface area (Å²) in [5.41, 5.74) is -0.162. The summed E-state index contributed by atoms with van der Waals surface area (Å²) in [7, 11) is 0. The molecule has 14 heavy (non-hydrogen) atoms. The monoisotopic (exact) mass is 196 g/mol. The van der Waals surface area contributed by atoms with E-state index in [2.05, 4.69) is 4.98 Å². The zero-order chi connectivity index (χ0) is 10.3. The molecule has 0 atom stereocenters. The van der Waals surface area contributed by atoms with Crippen LogP contribution in [-0.4, -0.2) is 39.6 Å². The van der Waals surface area contributed by atoms with Crippen molar-refractivity contribution >= 4 is 5.91 Å². The molecule has 1 aliphatic heterocycles. The minimum atomic E-state index is -0.746. The van der Waals surface area contributed by atoms with Gasteiger partial charge in [0.25, 0.3) is 5.91 Å². The summed E-state index contributed by atoms with van der Waals surface area (Å²) in [5, 5.41) is 9.46. The van der Waals surface area contributed by atoms with E-state index in [1.165, 1.54) is 11.3 Å². The van der Waals surface area contributed by atoms with Crippen molar-refractivity contribution in [2.75, 3.05) is 13.1 Å². The largest absolute Gasteiger partial charge is 0.438 e. The standard InChI is InChI=1S/C9H12N2O3/c1-6-7(14-5-10-6)8(12)11-3-9(2,13)4-11/h5,13H,3-4H2,1-2H3. The molecule has 0 bridgehead atoms. The van der Waals surface area contributed by atoms with Crippen LogP contribution in [0.15, 0.2) is 10.8 Å². The van der Waals surface area contributed by atoms with Crippen LogP contribution in [0.4, 0.5) is 0 Å². The molecule has 5 nitrogen and oxygen atoms in total. The minimum Gasteiger partial charge on any atom is -0.438 e. The molecular weight excluding hydrogens is 184 g/mol. The van der Waals surface area contributed by atoms with Gasteiger partial charge in [0.2, 0.25) is 5.76 Å². The summed E-state index contributed by atoms with van der Waals surface area (Å²) in [6, 6.07) is 0. The van der Waals surface area contributed by atoms with E-state index in [0.717, 1.165) is 0 Å². The van der Waals surface area contributed by atoms with Crippen LogP contribution in [0.5, 0.6) is 0 Å². The lowest BCUT2D eigenvalue weighted by Gasteiger charge is -2.43. The Labute approximate surface area is 81.3 Å². The number of aryl methyl sites for hydroxylation is 1. The van der Waals surface area contributed by atoms with Gasteiger partial charge >= 0.3 is 0 Å². The van der Waals surface area contributed by atoms with Crippen LogP contribution in [0.2, 0.25) is 0 Å². The Morgan fingerprint density at radius 3 is 2.79 bits per heavy atom. The Balaban J connectivity index is 2.08. The van der Waals surface area contributed by atoms with Crippen molar-refractivity contribution in [1.29, 1.82) is 0 Å². The number of likely N-dealkylation sites (tertiary alicyclic amines) is 1. The fourth-order valence-corrected chi connectivity index (χ4v) is 1.57.